The van der Waals surface area contributed by atoms with Gasteiger partial charge >= 0.3 is 0 Å². The van der Waals surface area contributed by atoms with Gasteiger partial charge < -0.3 is 5.32 Å². The van der Waals surface area contributed by atoms with Crippen LogP contribution in [0, 0.1) is 10.1 Å². The molecule has 0 aliphatic heterocycles. The molecule has 1 aromatic carbocycles. The van der Waals surface area contributed by atoms with Gasteiger partial charge in [-0.2, -0.15) is 4.68 Å². The van der Waals surface area contributed by atoms with Crippen molar-refractivity contribution in [3.63, 3.8) is 0 Å². The van der Waals surface area contributed by atoms with E-state index in [1.54, 1.807) is 6.07 Å². The minimum absolute atomic E-state index is 0.0125. The van der Waals surface area contributed by atoms with Gasteiger partial charge in [-0.25, -0.2) is 0 Å². The predicted molar refractivity (Wildman–Crippen MR) is 75.5 cm³/mol. The predicted octanol–water partition coefficient (Wildman–Crippen LogP) is 1.83. The van der Waals surface area contributed by atoms with Crippen LogP contribution in [0.4, 0.5) is 5.69 Å². The summed E-state index contributed by atoms with van der Waals surface area (Å²) in [5, 5.41) is 25.5. The monoisotopic (exact) mass is 340 g/mol. The molecule has 0 saturated heterocycles. The highest BCUT2D eigenvalue weighted by atomic mass is 79.9. The SMILES string of the molecule is CC(C)NCc1nnnn1-c1cc([N+](=O)[O-])ccc1Br. The summed E-state index contributed by atoms with van der Waals surface area (Å²) in [5.74, 6) is 0.583. The van der Waals surface area contributed by atoms with Crippen molar-refractivity contribution in [3.8, 4) is 5.69 Å². The number of nitrogens with zero attached hydrogens (tertiary/aromatic N) is 5. The Bertz CT molecular complexity index is 627. The van der Waals surface area contributed by atoms with Crippen LogP contribution in [0.3, 0.4) is 0 Å². The number of nitro groups is 1. The van der Waals surface area contributed by atoms with Crippen LogP contribution in [-0.2, 0) is 6.54 Å². The van der Waals surface area contributed by atoms with Crippen molar-refractivity contribution in [3.05, 3.63) is 38.6 Å². The Balaban J connectivity index is 2.38. The quantitative estimate of drug-likeness (QED) is 0.658. The number of halogens is 1. The first-order chi connectivity index (χ1) is 9.49. The van der Waals surface area contributed by atoms with Crippen molar-refractivity contribution < 1.29 is 4.92 Å². The largest absolute Gasteiger partial charge is 0.308 e. The Labute approximate surface area is 123 Å². The van der Waals surface area contributed by atoms with E-state index in [0.717, 1.165) is 0 Å². The Kier molecular flexibility index (Phi) is 4.40. The van der Waals surface area contributed by atoms with Crippen LogP contribution in [0.25, 0.3) is 5.69 Å². The first-order valence-electron chi connectivity index (χ1n) is 5.94. The number of tetrazole rings is 1. The van der Waals surface area contributed by atoms with E-state index in [1.807, 2.05) is 13.8 Å². The molecule has 2 aromatic rings. The summed E-state index contributed by atoms with van der Waals surface area (Å²) in [5.41, 5.74) is 0.520. The number of benzene rings is 1. The van der Waals surface area contributed by atoms with Gasteiger partial charge in [-0.1, -0.05) is 13.8 Å². The van der Waals surface area contributed by atoms with E-state index in [2.05, 4.69) is 36.8 Å². The van der Waals surface area contributed by atoms with Crippen molar-refractivity contribution in [1.82, 2.24) is 25.5 Å². The van der Waals surface area contributed by atoms with Gasteiger partial charge in [-0.3, -0.25) is 10.1 Å². The maximum atomic E-state index is 10.9. The van der Waals surface area contributed by atoms with Crippen molar-refractivity contribution in [2.75, 3.05) is 0 Å². The van der Waals surface area contributed by atoms with E-state index in [1.165, 1.54) is 16.8 Å². The second-order valence-electron chi connectivity index (χ2n) is 4.44. The Morgan fingerprint density at radius 3 is 2.90 bits per heavy atom. The fourth-order valence-electron chi connectivity index (χ4n) is 1.58. The fraction of sp³-hybridized carbons (Fsp3) is 0.364. The molecule has 1 heterocycles. The van der Waals surface area contributed by atoms with E-state index in [-0.39, 0.29) is 11.7 Å². The first-order valence-corrected chi connectivity index (χ1v) is 6.73. The second-order valence-corrected chi connectivity index (χ2v) is 5.29. The minimum Gasteiger partial charge on any atom is -0.308 e. The molecule has 8 nitrogen and oxygen atoms in total. The van der Waals surface area contributed by atoms with Crippen LogP contribution >= 0.6 is 15.9 Å². The lowest BCUT2D eigenvalue weighted by Gasteiger charge is -2.09. The molecule has 1 aromatic heterocycles. The van der Waals surface area contributed by atoms with Gasteiger partial charge in [0, 0.05) is 22.6 Å². The smallest absolute Gasteiger partial charge is 0.271 e. The van der Waals surface area contributed by atoms with Crippen LogP contribution in [0.5, 0.6) is 0 Å². The molecule has 0 atom stereocenters. The molecule has 0 aliphatic rings. The zero-order chi connectivity index (χ0) is 14.7. The third kappa shape index (κ3) is 3.17. The first kappa shape index (κ1) is 14.5. The van der Waals surface area contributed by atoms with Gasteiger partial charge in [0.2, 0.25) is 0 Å². The number of rotatable bonds is 5. The van der Waals surface area contributed by atoms with Crippen LogP contribution in [-0.4, -0.2) is 31.2 Å². The molecule has 20 heavy (non-hydrogen) atoms. The Morgan fingerprint density at radius 1 is 1.50 bits per heavy atom. The molecule has 1 N–H and O–H groups in total. The van der Waals surface area contributed by atoms with E-state index in [0.29, 0.717) is 22.5 Å². The summed E-state index contributed by atoms with van der Waals surface area (Å²) >= 11 is 3.36. The third-order valence-corrected chi connectivity index (χ3v) is 3.24. The molecule has 0 amide bonds. The summed E-state index contributed by atoms with van der Waals surface area (Å²) < 4.78 is 2.16. The van der Waals surface area contributed by atoms with Crippen LogP contribution in [0.15, 0.2) is 22.7 Å². The van der Waals surface area contributed by atoms with E-state index in [4.69, 9.17) is 0 Å². The number of nitro benzene ring substituents is 1. The summed E-state index contributed by atoms with van der Waals surface area (Å²) in [4.78, 5) is 10.4. The molecule has 0 aliphatic carbocycles. The summed E-state index contributed by atoms with van der Waals surface area (Å²) in [6, 6.07) is 4.74. The van der Waals surface area contributed by atoms with E-state index < -0.39 is 4.92 Å². The molecule has 9 heteroatoms. The Morgan fingerprint density at radius 2 is 2.25 bits per heavy atom. The number of hydrogen-bond donors (Lipinski definition) is 1. The lowest BCUT2D eigenvalue weighted by molar-refractivity contribution is -0.384. The number of nitrogens with one attached hydrogen (secondary N) is 1. The highest BCUT2D eigenvalue weighted by molar-refractivity contribution is 9.10. The maximum absolute atomic E-state index is 10.9. The van der Waals surface area contributed by atoms with Crippen molar-refractivity contribution in [2.45, 2.75) is 26.4 Å². The summed E-state index contributed by atoms with van der Waals surface area (Å²) in [6.07, 6.45) is 0. The van der Waals surface area contributed by atoms with Gasteiger partial charge in [0.15, 0.2) is 5.82 Å². The highest BCUT2D eigenvalue weighted by Crippen LogP contribution is 2.25. The molecule has 0 unspecified atom stereocenters. The maximum Gasteiger partial charge on any atom is 0.271 e. The van der Waals surface area contributed by atoms with Crippen LogP contribution in [0.2, 0.25) is 0 Å². The van der Waals surface area contributed by atoms with Crippen LogP contribution in [0.1, 0.15) is 19.7 Å². The molecular formula is C11H13BrN6O2. The van der Waals surface area contributed by atoms with Gasteiger partial charge in [0.25, 0.3) is 5.69 Å². The number of aromatic nitrogens is 4. The van der Waals surface area contributed by atoms with E-state index >= 15 is 0 Å². The van der Waals surface area contributed by atoms with Crippen molar-refractivity contribution in [1.29, 1.82) is 0 Å². The lowest BCUT2D eigenvalue weighted by Crippen LogP contribution is -2.24. The molecule has 0 spiro atoms. The van der Waals surface area contributed by atoms with Gasteiger partial charge in [-0.05, 0) is 32.4 Å². The van der Waals surface area contributed by atoms with Crippen LogP contribution < -0.4 is 5.32 Å². The third-order valence-electron chi connectivity index (χ3n) is 2.57. The van der Waals surface area contributed by atoms with E-state index in [9.17, 15) is 10.1 Å². The van der Waals surface area contributed by atoms with Crippen molar-refractivity contribution >= 4 is 21.6 Å². The normalized spacial score (nSPS) is 11.0. The topological polar surface area (TPSA) is 98.8 Å². The molecular weight excluding hydrogens is 328 g/mol. The molecule has 0 radical (unpaired) electrons. The standard InChI is InChI=1S/C11H13BrN6O2/c1-7(2)13-6-11-14-15-16-17(11)10-5-8(18(19)20)3-4-9(10)12/h3-5,7,13H,6H2,1-2H3. The Hall–Kier alpha value is -1.87. The van der Waals surface area contributed by atoms with Gasteiger partial charge in [0.05, 0.1) is 17.2 Å². The summed E-state index contributed by atoms with van der Waals surface area (Å²) in [7, 11) is 0. The zero-order valence-corrected chi connectivity index (χ0v) is 12.5. The number of non-ortho nitro benzene ring substituents is 1. The molecule has 2 rings (SSSR count). The second kappa shape index (κ2) is 6.06. The zero-order valence-electron chi connectivity index (χ0n) is 10.9. The number of hydrogen-bond acceptors (Lipinski definition) is 6. The average Bonchev–Trinajstić information content (AvgIpc) is 2.84. The minimum atomic E-state index is -0.452. The average molecular weight is 341 g/mol. The molecule has 0 bridgehead atoms. The molecule has 106 valence electrons. The fourth-order valence-corrected chi connectivity index (χ4v) is 1.99. The molecule has 0 saturated carbocycles. The molecule has 0 fully saturated rings. The van der Waals surface area contributed by atoms with Gasteiger partial charge in [0.1, 0.15) is 0 Å². The lowest BCUT2D eigenvalue weighted by atomic mass is 10.3. The highest BCUT2D eigenvalue weighted by Gasteiger charge is 2.15. The van der Waals surface area contributed by atoms with Crippen molar-refractivity contribution in [2.24, 2.45) is 0 Å². The summed E-state index contributed by atoms with van der Waals surface area (Å²) in [6.45, 7) is 4.49. The van der Waals surface area contributed by atoms with Gasteiger partial charge in [-0.15, -0.1) is 5.10 Å².